The van der Waals surface area contributed by atoms with Crippen LogP contribution in [0.5, 0.6) is 0 Å². The molecule has 0 spiro atoms. The minimum absolute atomic E-state index is 1.32. The van der Waals surface area contributed by atoms with E-state index >= 15 is 0 Å². The Hall–Kier alpha value is 0.799. The third kappa shape index (κ3) is 4.00. The molecule has 0 aromatic carbocycles. The monoisotopic (exact) mass is 452 g/mol. The number of rotatable bonds is 4. The van der Waals surface area contributed by atoms with Crippen molar-refractivity contribution in [3.05, 3.63) is 0 Å². The van der Waals surface area contributed by atoms with Crippen LogP contribution in [0.4, 0.5) is 0 Å². The van der Waals surface area contributed by atoms with Crippen molar-refractivity contribution in [1.29, 1.82) is 0 Å². The van der Waals surface area contributed by atoms with E-state index in [0.717, 1.165) is 0 Å². The molecule has 0 bridgehead atoms. The van der Waals surface area contributed by atoms with Gasteiger partial charge in [-0.2, -0.15) is 0 Å². The summed E-state index contributed by atoms with van der Waals surface area (Å²) in [6.07, 6.45) is 32.7. The molecule has 0 N–H and O–H groups in total. The maximum atomic E-state index is 1.69. The molecule has 0 amide bonds. The van der Waals surface area contributed by atoms with E-state index in [0.29, 0.717) is 0 Å². The van der Waals surface area contributed by atoms with Gasteiger partial charge in [0.2, 0.25) is 0 Å². The Balaban J connectivity index is 1.70. The van der Waals surface area contributed by atoms with Gasteiger partial charge in [-0.1, -0.05) is 0 Å². The van der Waals surface area contributed by atoms with Gasteiger partial charge in [0.25, 0.3) is 0 Å². The molecule has 0 atom stereocenters. The minimum atomic E-state index is -2.20. The molecule has 4 aliphatic rings. The Morgan fingerprint density at radius 2 is 0.480 bits per heavy atom. The number of hydrogen-bond donors (Lipinski definition) is 0. The second-order valence-corrected chi connectivity index (χ2v) is 25.4. The van der Waals surface area contributed by atoms with Crippen LogP contribution in [0.2, 0.25) is 15.7 Å². The average Bonchev–Trinajstić information content (AvgIpc) is 2.72. The molecular weight excluding hydrogens is 407 g/mol. The average molecular weight is 451 g/mol. The van der Waals surface area contributed by atoms with E-state index in [1.54, 1.807) is 128 Å². The summed E-state index contributed by atoms with van der Waals surface area (Å²) in [5.74, 6) is 0. The second-order valence-electron chi connectivity index (χ2n) is 10.3. The zero-order valence-electron chi connectivity index (χ0n) is 17.0. The van der Waals surface area contributed by atoms with Crippen LogP contribution in [-0.2, 0) is 0 Å². The van der Waals surface area contributed by atoms with E-state index in [4.69, 9.17) is 0 Å². The van der Waals surface area contributed by atoms with E-state index in [2.05, 4.69) is 0 Å². The summed E-state index contributed by atoms with van der Waals surface area (Å²) in [4.78, 5) is 0. The van der Waals surface area contributed by atoms with Crippen molar-refractivity contribution in [3.8, 4) is 0 Å². The van der Waals surface area contributed by atoms with E-state index in [1.807, 2.05) is 0 Å². The first-order valence-corrected chi connectivity index (χ1v) is 19.0. The van der Waals surface area contributed by atoms with Crippen LogP contribution in [0, 0.1) is 0 Å². The summed E-state index contributed by atoms with van der Waals surface area (Å²) >= 11 is -2.20. The predicted octanol–water partition coefficient (Wildman–Crippen LogP) is 8.77. The quantitative estimate of drug-likeness (QED) is 0.375. The van der Waals surface area contributed by atoms with Crippen LogP contribution >= 0.6 is 0 Å². The van der Waals surface area contributed by atoms with Gasteiger partial charge >= 0.3 is 163 Å². The van der Waals surface area contributed by atoms with Gasteiger partial charge in [-0.05, 0) is 0 Å². The first-order chi connectivity index (χ1) is 12.4. The standard InChI is InChI=1S/4C6H11.Sn/c4*1-2-4-6-5-3-1;/h4*1H,2-6H2;. The summed E-state index contributed by atoms with van der Waals surface area (Å²) in [6.45, 7) is 0. The molecule has 4 rings (SSSR count). The molecule has 4 aliphatic carbocycles. The third-order valence-corrected chi connectivity index (χ3v) is 32.0. The Kier molecular flexibility index (Phi) is 7.14. The van der Waals surface area contributed by atoms with Crippen molar-refractivity contribution < 1.29 is 0 Å². The van der Waals surface area contributed by atoms with Crippen LogP contribution in [-0.4, -0.2) is 18.4 Å². The zero-order chi connectivity index (χ0) is 17.0. The van der Waals surface area contributed by atoms with Gasteiger partial charge in [-0.3, -0.25) is 0 Å². The number of hydrogen-bond acceptors (Lipinski definition) is 0. The van der Waals surface area contributed by atoms with E-state index in [1.165, 1.54) is 15.7 Å². The molecule has 0 aromatic heterocycles. The SMILES string of the molecule is C1CC[CH]([Sn]([CH]2CCCCC2)([CH]2CCCCC2)[CH]2CCCCC2)CC1. The van der Waals surface area contributed by atoms with Crippen LogP contribution in [0.15, 0.2) is 0 Å². The molecule has 1 heteroatoms. The van der Waals surface area contributed by atoms with Crippen molar-refractivity contribution >= 4 is 18.4 Å². The summed E-state index contributed by atoms with van der Waals surface area (Å²) in [5, 5.41) is 0. The Morgan fingerprint density at radius 3 is 0.680 bits per heavy atom. The Labute approximate surface area is 162 Å². The van der Waals surface area contributed by atoms with Crippen molar-refractivity contribution in [2.24, 2.45) is 0 Å². The van der Waals surface area contributed by atoms with Crippen molar-refractivity contribution in [2.45, 2.75) is 144 Å². The van der Waals surface area contributed by atoms with Crippen molar-refractivity contribution in [3.63, 3.8) is 0 Å². The molecule has 4 fully saturated rings. The van der Waals surface area contributed by atoms with E-state index in [-0.39, 0.29) is 0 Å². The van der Waals surface area contributed by atoms with Gasteiger partial charge in [-0.15, -0.1) is 0 Å². The summed E-state index contributed by atoms with van der Waals surface area (Å²) in [6, 6.07) is 0. The van der Waals surface area contributed by atoms with Gasteiger partial charge in [0.05, 0.1) is 0 Å². The summed E-state index contributed by atoms with van der Waals surface area (Å²) in [5.41, 5.74) is 0. The van der Waals surface area contributed by atoms with E-state index in [9.17, 15) is 0 Å². The zero-order valence-corrected chi connectivity index (χ0v) is 19.8. The van der Waals surface area contributed by atoms with Gasteiger partial charge in [0.1, 0.15) is 0 Å². The topological polar surface area (TPSA) is 0 Å². The summed E-state index contributed by atoms with van der Waals surface area (Å²) in [7, 11) is 0. The molecule has 25 heavy (non-hydrogen) atoms. The van der Waals surface area contributed by atoms with Crippen LogP contribution in [0.1, 0.15) is 128 Å². The van der Waals surface area contributed by atoms with Crippen molar-refractivity contribution in [2.75, 3.05) is 0 Å². The Morgan fingerprint density at radius 1 is 0.280 bits per heavy atom. The molecule has 0 unspecified atom stereocenters. The first kappa shape index (κ1) is 19.1. The third-order valence-electron chi connectivity index (χ3n) is 9.25. The van der Waals surface area contributed by atoms with Crippen LogP contribution in [0.25, 0.3) is 0 Å². The molecule has 0 radical (unpaired) electrons. The van der Waals surface area contributed by atoms with Gasteiger partial charge in [0.15, 0.2) is 0 Å². The predicted molar refractivity (Wildman–Crippen MR) is 113 cm³/mol. The fraction of sp³-hybridized carbons (Fsp3) is 1.00. The molecule has 0 heterocycles. The van der Waals surface area contributed by atoms with Gasteiger partial charge in [0, 0.05) is 0 Å². The molecule has 0 aliphatic heterocycles. The van der Waals surface area contributed by atoms with Crippen LogP contribution < -0.4 is 0 Å². The maximum absolute atomic E-state index is 2.20. The van der Waals surface area contributed by atoms with Gasteiger partial charge < -0.3 is 0 Å². The summed E-state index contributed by atoms with van der Waals surface area (Å²) < 4.78 is 5.27. The molecule has 0 nitrogen and oxygen atoms in total. The molecular formula is C24H44Sn. The van der Waals surface area contributed by atoms with Gasteiger partial charge in [-0.25, -0.2) is 0 Å². The van der Waals surface area contributed by atoms with E-state index < -0.39 is 18.4 Å². The fourth-order valence-electron chi connectivity index (χ4n) is 8.41. The van der Waals surface area contributed by atoms with Crippen molar-refractivity contribution in [1.82, 2.24) is 0 Å². The molecule has 0 aromatic rings. The van der Waals surface area contributed by atoms with Crippen LogP contribution in [0.3, 0.4) is 0 Å². The fourth-order valence-corrected chi connectivity index (χ4v) is 35.9. The molecule has 0 saturated heterocycles. The molecule has 4 saturated carbocycles. The first-order valence-electron chi connectivity index (χ1n) is 12.4. The normalized spacial score (nSPS) is 29.8. The molecule has 144 valence electrons. The second kappa shape index (κ2) is 9.33. The Bertz CT molecular complexity index is 301.